The first-order chi connectivity index (χ1) is 13.2. The first kappa shape index (κ1) is 19.2. The van der Waals surface area contributed by atoms with Crippen molar-refractivity contribution in [2.45, 2.75) is 57.3 Å². The molecule has 9 heteroatoms. The van der Waals surface area contributed by atoms with Crippen LogP contribution >= 0.6 is 0 Å². The van der Waals surface area contributed by atoms with E-state index in [1.165, 1.54) is 11.6 Å². The van der Waals surface area contributed by atoms with E-state index < -0.39 is 11.7 Å². The highest BCUT2D eigenvalue weighted by Crippen LogP contribution is 2.43. The second-order valence-electron chi connectivity index (χ2n) is 7.95. The highest BCUT2D eigenvalue weighted by atomic mass is 19.4. The number of aryl methyl sites for hydroxylation is 1. The number of aromatic nitrogens is 3. The third-order valence-corrected chi connectivity index (χ3v) is 5.58. The molecular weight excluding hydrogens is 371 g/mol. The average molecular weight is 395 g/mol. The van der Waals surface area contributed by atoms with E-state index in [4.69, 9.17) is 0 Å². The molecule has 0 unspecified atom stereocenters. The lowest BCUT2D eigenvalue weighted by atomic mass is 10.1. The van der Waals surface area contributed by atoms with Crippen molar-refractivity contribution in [2.24, 2.45) is 0 Å². The van der Waals surface area contributed by atoms with Crippen LogP contribution in [0, 0.1) is 6.92 Å². The van der Waals surface area contributed by atoms with Crippen LogP contribution in [0.2, 0.25) is 0 Å². The van der Waals surface area contributed by atoms with Gasteiger partial charge in [-0.2, -0.15) is 18.3 Å². The zero-order valence-corrected chi connectivity index (χ0v) is 16.0. The fraction of sp³-hybridized carbons (Fsp3) is 0.632. The summed E-state index contributed by atoms with van der Waals surface area (Å²) in [7, 11) is 2.04. The van der Waals surface area contributed by atoms with E-state index in [0.29, 0.717) is 5.69 Å². The first-order valence-electron chi connectivity index (χ1n) is 9.65. The summed E-state index contributed by atoms with van der Waals surface area (Å²) in [6.07, 6.45) is -1.06. The maximum Gasteiger partial charge on any atom is 0.417 e. The second kappa shape index (κ2) is 7.02. The number of hydrogen-bond acceptors (Lipinski definition) is 4. The Labute approximate surface area is 161 Å². The molecular formula is C19H24F3N5O. The monoisotopic (exact) mass is 395 g/mol. The SMILES string of the molecule is Cc1nn(CC(=O)NC2CCN(C)CC2)c2nc(C3CC3)cc(C(F)(F)F)c12. The number of halogens is 3. The van der Waals surface area contributed by atoms with E-state index in [9.17, 15) is 18.0 Å². The number of nitrogens with one attached hydrogen (secondary N) is 1. The van der Waals surface area contributed by atoms with E-state index in [2.05, 4.69) is 20.3 Å². The number of likely N-dealkylation sites (tertiary alicyclic amines) is 1. The molecule has 0 atom stereocenters. The van der Waals surface area contributed by atoms with Gasteiger partial charge in [0.05, 0.1) is 16.6 Å². The van der Waals surface area contributed by atoms with E-state index in [1.807, 2.05) is 7.05 Å². The van der Waals surface area contributed by atoms with Gasteiger partial charge in [-0.3, -0.25) is 4.79 Å². The summed E-state index contributed by atoms with van der Waals surface area (Å²) in [6.45, 7) is 3.22. The molecule has 152 valence electrons. The molecule has 2 fully saturated rings. The van der Waals surface area contributed by atoms with Gasteiger partial charge in [-0.1, -0.05) is 0 Å². The number of carbonyl (C=O) groups excluding carboxylic acids is 1. The molecule has 28 heavy (non-hydrogen) atoms. The van der Waals surface area contributed by atoms with Crippen molar-refractivity contribution in [3.8, 4) is 0 Å². The van der Waals surface area contributed by atoms with Crippen molar-refractivity contribution in [3.63, 3.8) is 0 Å². The van der Waals surface area contributed by atoms with Crippen molar-refractivity contribution in [1.29, 1.82) is 0 Å². The normalized spacial score (nSPS) is 19.3. The van der Waals surface area contributed by atoms with E-state index in [1.54, 1.807) is 0 Å². The minimum atomic E-state index is -4.49. The Morgan fingerprint density at radius 2 is 1.93 bits per heavy atom. The van der Waals surface area contributed by atoms with Crippen molar-refractivity contribution in [2.75, 3.05) is 20.1 Å². The third-order valence-electron chi connectivity index (χ3n) is 5.58. The molecule has 6 nitrogen and oxygen atoms in total. The summed E-state index contributed by atoms with van der Waals surface area (Å²) in [5.41, 5.74) is 0.118. The van der Waals surface area contributed by atoms with Gasteiger partial charge in [0, 0.05) is 17.7 Å². The Morgan fingerprint density at radius 1 is 1.25 bits per heavy atom. The van der Waals surface area contributed by atoms with Gasteiger partial charge in [-0.15, -0.1) is 0 Å². The number of rotatable bonds is 4. The van der Waals surface area contributed by atoms with Crippen LogP contribution < -0.4 is 5.32 Å². The lowest BCUT2D eigenvalue weighted by Gasteiger charge is -2.29. The lowest BCUT2D eigenvalue weighted by molar-refractivity contribution is -0.136. The minimum absolute atomic E-state index is 0.0102. The molecule has 3 heterocycles. The summed E-state index contributed by atoms with van der Waals surface area (Å²) in [5.74, 6) is -0.173. The standard InChI is InChI=1S/C19H24F3N5O/c1-11-17-14(19(20,21)22)9-15(12-3-4-12)24-18(17)27(25-11)10-16(28)23-13-5-7-26(2)8-6-13/h9,12-13H,3-8,10H2,1-2H3,(H,23,28). The maximum atomic E-state index is 13.6. The van der Waals surface area contributed by atoms with Gasteiger partial charge in [0.1, 0.15) is 6.54 Å². The molecule has 0 aromatic carbocycles. The molecule has 0 spiro atoms. The van der Waals surface area contributed by atoms with Gasteiger partial charge < -0.3 is 10.2 Å². The highest BCUT2D eigenvalue weighted by molar-refractivity contribution is 5.85. The number of carbonyl (C=O) groups is 1. The molecule has 2 aromatic heterocycles. The van der Waals surface area contributed by atoms with Crippen molar-refractivity contribution >= 4 is 16.9 Å². The summed E-state index contributed by atoms with van der Waals surface area (Å²) < 4.78 is 42.2. The number of alkyl halides is 3. The van der Waals surface area contributed by atoms with Crippen LogP contribution in [-0.4, -0.2) is 51.8 Å². The van der Waals surface area contributed by atoms with E-state index in [-0.39, 0.29) is 41.1 Å². The molecule has 2 aromatic rings. The molecule has 0 bridgehead atoms. The van der Waals surface area contributed by atoms with Crippen molar-refractivity contribution in [3.05, 3.63) is 23.0 Å². The predicted molar refractivity (Wildman–Crippen MR) is 97.9 cm³/mol. The lowest BCUT2D eigenvalue weighted by Crippen LogP contribution is -2.44. The Bertz CT molecular complexity index is 895. The highest BCUT2D eigenvalue weighted by Gasteiger charge is 2.37. The fourth-order valence-corrected chi connectivity index (χ4v) is 3.86. The molecule has 1 saturated heterocycles. The van der Waals surface area contributed by atoms with Gasteiger partial charge in [0.25, 0.3) is 0 Å². The molecule has 0 radical (unpaired) electrons. The molecule has 1 aliphatic carbocycles. The second-order valence-corrected chi connectivity index (χ2v) is 7.95. The minimum Gasteiger partial charge on any atom is -0.352 e. The average Bonchev–Trinajstić information content (AvgIpc) is 3.42. The smallest absolute Gasteiger partial charge is 0.352 e. The summed E-state index contributed by atoms with van der Waals surface area (Å²) in [6, 6.07) is 1.24. The Kier molecular flexibility index (Phi) is 4.81. The number of nitrogens with zero attached hydrogens (tertiary/aromatic N) is 4. The van der Waals surface area contributed by atoms with E-state index in [0.717, 1.165) is 44.8 Å². The number of hydrogen-bond donors (Lipinski definition) is 1. The largest absolute Gasteiger partial charge is 0.417 e. The van der Waals surface area contributed by atoms with Crippen LogP contribution in [0.3, 0.4) is 0 Å². The van der Waals surface area contributed by atoms with Crippen LogP contribution in [0.1, 0.15) is 48.6 Å². The number of pyridine rings is 1. The Hall–Kier alpha value is -2.16. The topological polar surface area (TPSA) is 63.1 Å². The van der Waals surface area contributed by atoms with Crippen LogP contribution in [0.4, 0.5) is 13.2 Å². The molecule has 4 rings (SSSR count). The third kappa shape index (κ3) is 3.85. The molecule has 1 saturated carbocycles. The van der Waals surface area contributed by atoms with Crippen LogP contribution in [-0.2, 0) is 17.5 Å². The maximum absolute atomic E-state index is 13.6. The van der Waals surface area contributed by atoms with E-state index >= 15 is 0 Å². The Morgan fingerprint density at radius 3 is 2.54 bits per heavy atom. The zero-order valence-electron chi connectivity index (χ0n) is 16.0. The van der Waals surface area contributed by atoms with Crippen molar-refractivity contribution in [1.82, 2.24) is 25.0 Å². The fourth-order valence-electron chi connectivity index (χ4n) is 3.86. The van der Waals surface area contributed by atoms with Gasteiger partial charge in [0.15, 0.2) is 5.65 Å². The van der Waals surface area contributed by atoms with Gasteiger partial charge in [0.2, 0.25) is 5.91 Å². The molecule has 1 aliphatic heterocycles. The summed E-state index contributed by atoms with van der Waals surface area (Å²) in [5, 5.41) is 7.18. The molecule has 1 N–H and O–H groups in total. The number of fused-ring (bicyclic) bond motifs is 1. The Balaban J connectivity index is 1.62. The summed E-state index contributed by atoms with van der Waals surface area (Å²) in [4.78, 5) is 19.2. The molecule has 2 aliphatic rings. The van der Waals surface area contributed by atoms with Gasteiger partial charge in [-0.25, -0.2) is 9.67 Å². The zero-order chi connectivity index (χ0) is 20.1. The van der Waals surface area contributed by atoms with Crippen LogP contribution in [0.5, 0.6) is 0 Å². The van der Waals surface area contributed by atoms with Crippen LogP contribution in [0.25, 0.3) is 11.0 Å². The number of amides is 1. The molecule has 1 amide bonds. The van der Waals surface area contributed by atoms with Crippen LogP contribution in [0.15, 0.2) is 6.07 Å². The predicted octanol–water partition coefficient (Wildman–Crippen LogP) is 2.85. The summed E-state index contributed by atoms with van der Waals surface area (Å²) >= 11 is 0. The van der Waals surface area contributed by atoms with Gasteiger partial charge >= 0.3 is 6.18 Å². The number of piperidine rings is 1. The van der Waals surface area contributed by atoms with Crippen molar-refractivity contribution < 1.29 is 18.0 Å². The van der Waals surface area contributed by atoms with Gasteiger partial charge in [-0.05, 0) is 58.8 Å². The first-order valence-corrected chi connectivity index (χ1v) is 9.65. The quantitative estimate of drug-likeness (QED) is 0.865.